The molecule has 0 heterocycles. The first-order valence-corrected chi connectivity index (χ1v) is 7.05. The van der Waals surface area contributed by atoms with E-state index in [4.69, 9.17) is 4.74 Å². The number of hydrogen-bond donors (Lipinski definition) is 0. The van der Waals surface area contributed by atoms with Gasteiger partial charge < -0.3 is 4.74 Å². The number of carbonyl (C=O) groups is 1. The van der Waals surface area contributed by atoms with Gasteiger partial charge >= 0.3 is 5.97 Å². The summed E-state index contributed by atoms with van der Waals surface area (Å²) in [5.74, 6) is -0.180. The van der Waals surface area contributed by atoms with E-state index in [9.17, 15) is 4.79 Å². The van der Waals surface area contributed by atoms with Gasteiger partial charge in [-0.15, -0.1) is 6.58 Å². The predicted octanol–water partition coefficient (Wildman–Crippen LogP) is 4.46. The lowest BCUT2D eigenvalue weighted by molar-refractivity contribution is -0.155. The fourth-order valence-corrected chi connectivity index (χ4v) is 1.85. The van der Waals surface area contributed by atoms with E-state index >= 15 is 0 Å². The fraction of sp³-hybridized carbons (Fsp3) is 0.389. The highest BCUT2D eigenvalue weighted by molar-refractivity contribution is 5.73. The number of carbonyl (C=O) groups excluding carboxylic acids is 1. The van der Waals surface area contributed by atoms with Crippen molar-refractivity contribution < 1.29 is 9.53 Å². The van der Waals surface area contributed by atoms with Crippen LogP contribution in [-0.4, -0.2) is 11.6 Å². The molecule has 0 saturated carbocycles. The molecule has 2 nitrogen and oxygen atoms in total. The number of hydrogen-bond acceptors (Lipinski definition) is 2. The van der Waals surface area contributed by atoms with Crippen LogP contribution in [0.25, 0.3) is 0 Å². The minimum Gasteiger partial charge on any atom is -0.459 e. The minimum atomic E-state index is -0.462. The SMILES string of the molecule is C=CCC/C=C/CC(C)(C)OC(=O)Cc1ccccc1. The molecule has 0 unspecified atom stereocenters. The molecular weight excluding hydrogens is 248 g/mol. The molecule has 1 rings (SSSR count). The van der Waals surface area contributed by atoms with Gasteiger partial charge in [0.25, 0.3) is 0 Å². The maximum atomic E-state index is 11.9. The van der Waals surface area contributed by atoms with Gasteiger partial charge in [-0.2, -0.15) is 0 Å². The van der Waals surface area contributed by atoms with Crippen LogP contribution in [0.3, 0.4) is 0 Å². The van der Waals surface area contributed by atoms with E-state index < -0.39 is 5.60 Å². The number of ether oxygens (including phenoxy) is 1. The molecule has 0 aromatic heterocycles. The first-order valence-electron chi connectivity index (χ1n) is 7.05. The van der Waals surface area contributed by atoms with Crippen LogP contribution < -0.4 is 0 Å². The number of rotatable bonds is 8. The van der Waals surface area contributed by atoms with Gasteiger partial charge in [-0.25, -0.2) is 0 Å². The fourth-order valence-electron chi connectivity index (χ4n) is 1.85. The van der Waals surface area contributed by atoms with Crippen molar-refractivity contribution in [1.82, 2.24) is 0 Å². The Labute approximate surface area is 122 Å². The van der Waals surface area contributed by atoms with E-state index in [2.05, 4.69) is 18.7 Å². The molecule has 108 valence electrons. The topological polar surface area (TPSA) is 26.3 Å². The monoisotopic (exact) mass is 272 g/mol. The van der Waals surface area contributed by atoms with Gasteiger partial charge in [-0.1, -0.05) is 48.6 Å². The van der Waals surface area contributed by atoms with Crippen molar-refractivity contribution in [2.45, 2.75) is 45.1 Å². The Balaban J connectivity index is 2.39. The van der Waals surface area contributed by atoms with E-state index in [1.807, 2.05) is 50.3 Å². The standard InChI is InChI=1S/C18H24O2/c1-4-5-6-7-11-14-18(2,3)20-17(19)15-16-12-9-8-10-13-16/h4,7-13H,1,5-6,14-15H2,2-3H3/b11-7+. The van der Waals surface area contributed by atoms with Gasteiger partial charge in [-0.3, -0.25) is 4.79 Å². The lowest BCUT2D eigenvalue weighted by Gasteiger charge is -2.23. The molecule has 0 fully saturated rings. The Morgan fingerprint density at radius 2 is 1.90 bits per heavy atom. The third kappa shape index (κ3) is 6.93. The minimum absolute atomic E-state index is 0.180. The highest BCUT2D eigenvalue weighted by atomic mass is 16.6. The van der Waals surface area contributed by atoms with Crippen LogP contribution >= 0.6 is 0 Å². The molecule has 0 spiro atoms. The molecule has 0 aliphatic heterocycles. The first kappa shape index (κ1) is 16.2. The Morgan fingerprint density at radius 1 is 1.20 bits per heavy atom. The van der Waals surface area contributed by atoms with Crippen LogP contribution in [0, 0.1) is 0 Å². The Hall–Kier alpha value is -1.83. The quantitative estimate of drug-likeness (QED) is 0.396. The van der Waals surface area contributed by atoms with Crippen LogP contribution in [0.5, 0.6) is 0 Å². The van der Waals surface area contributed by atoms with Gasteiger partial charge in [0.15, 0.2) is 0 Å². The van der Waals surface area contributed by atoms with E-state index in [0.717, 1.165) is 24.8 Å². The molecule has 0 aliphatic carbocycles. The average molecular weight is 272 g/mol. The summed E-state index contributed by atoms with van der Waals surface area (Å²) in [4.78, 5) is 11.9. The summed E-state index contributed by atoms with van der Waals surface area (Å²) in [7, 11) is 0. The molecule has 0 atom stereocenters. The van der Waals surface area contributed by atoms with Gasteiger partial charge in [0.05, 0.1) is 6.42 Å². The summed E-state index contributed by atoms with van der Waals surface area (Å²) in [6.07, 6.45) is 9.08. The van der Waals surface area contributed by atoms with Crippen LogP contribution in [0.1, 0.15) is 38.7 Å². The molecule has 2 heteroatoms. The number of benzene rings is 1. The molecule has 20 heavy (non-hydrogen) atoms. The highest BCUT2D eigenvalue weighted by Gasteiger charge is 2.21. The summed E-state index contributed by atoms with van der Waals surface area (Å²) in [6, 6.07) is 9.66. The zero-order chi connectivity index (χ0) is 14.8. The van der Waals surface area contributed by atoms with Crippen LogP contribution in [0.2, 0.25) is 0 Å². The van der Waals surface area contributed by atoms with Gasteiger partial charge in [0.2, 0.25) is 0 Å². The van der Waals surface area contributed by atoms with E-state index in [-0.39, 0.29) is 5.97 Å². The Morgan fingerprint density at radius 3 is 2.55 bits per heavy atom. The number of unbranched alkanes of at least 4 members (excludes halogenated alkanes) is 1. The van der Waals surface area contributed by atoms with Crippen molar-refractivity contribution in [3.8, 4) is 0 Å². The van der Waals surface area contributed by atoms with Crippen molar-refractivity contribution >= 4 is 5.97 Å². The predicted molar refractivity (Wildman–Crippen MR) is 83.5 cm³/mol. The summed E-state index contributed by atoms with van der Waals surface area (Å²) in [5, 5.41) is 0. The number of allylic oxidation sites excluding steroid dienone is 2. The van der Waals surface area contributed by atoms with Crippen molar-refractivity contribution in [3.63, 3.8) is 0 Å². The molecule has 0 aliphatic rings. The Bertz CT molecular complexity index is 444. The second-order valence-electron chi connectivity index (χ2n) is 5.44. The first-order chi connectivity index (χ1) is 9.53. The molecule has 0 N–H and O–H groups in total. The molecule has 0 saturated heterocycles. The van der Waals surface area contributed by atoms with Crippen molar-refractivity contribution in [3.05, 3.63) is 60.7 Å². The second kappa shape index (κ2) is 8.36. The summed E-state index contributed by atoms with van der Waals surface area (Å²) >= 11 is 0. The zero-order valence-corrected chi connectivity index (χ0v) is 12.5. The van der Waals surface area contributed by atoms with Crippen molar-refractivity contribution in [2.75, 3.05) is 0 Å². The third-order valence-corrected chi connectivity index (χ3v) is 2.89. The van der Waals surface area contributed by atoms with Crippen LogP contribution in [0.4, 0.5) is 0 Å². The third-order valence-electron chi connectivity index (χ3n) is 2.89. The molecule has 1 aromatic rings. The summed E-state index contributed by atoms with van der Waals surface area (Å²) in [5.41, 5.74) is 0.520. The van der Waals surface area contributed by atoms with Crippen molar-refractivity contribution in [1.29, 1.82) is 0 Å². The van der Waals surface area contributed by atoms with Gasteiger partial charge in [-0.05, 0) is 32.3 Å². The average Bonchev–Trinajstić information content (AvgIpc) is 2.38. The van der Waals surface area contributed by atoms with Crippen LogP contribution in [-0.2, 0) is 16.0 Å². The van der Waals surface area contributed by atoms with Crippen LogP contribution in [0.15, 0.2) is 55.1 Å². The second-order valence-corrected chi connectivity index (χ2v) is 5.44. The number of esters is 1. The smallest absolute Gasteiger partial charge is 0.310 e. The largest absolute Gasteiger partial charge is 0.459 e. The highest BCUT2D eigenvalue weighted by Crippen LogP contribution is 2.17. The van der Waals surface area contributed by atoms with Gasteiger partial charge in [0, 0.05) is 6.42 Å². The maximum absolute atomic E-state index is 11.9. The molecule has 0 radical (unpaired) electrons. The lowest BCUT2D eigenvalue weighted by atomic mass is 10.0. The molecule has 0 bridgehead atoms. The summed E-state index contributed by atoms with van der Waals surface area (Å²) < 4.78 is 5.54. The van der Waals surface area contributed by atoms with Gasteiger partial charge in [0.1, 0.15) is 5.60 Å². The van der Waals surface area contributed by atoms with Crippen molar-refractivity contribution in [2.24, 2.45) is 0 Å². The molecule has 1 aromatic carbocycles. The molecular formula is C18H24O2. The van der Waals surface area contributed by atoms with E-state index in [0.29, 0.717) is 6.42 Å². The summed E-state index contributed by atoms with van der Waals surface area (Å²) in [6.45, 7) is 7.56. The lowest BCUT2D eigenvalue weighted by Crippen LogP contribution is -2.28. The molecule has 0 amide bonds. The Kier molecular flexibility index (Phi) is 6.78. The van der Waals surface area contributed by atoms with E-state index in [1.165, 1.54) is 0 Å². The normalized spacial score (nSPS) is 11.5. The zero-order valence-electron chi connectivity index (χ0n) is 12.5. The maximum Gasteiger partial charge on any atom is 0.310 e. The van der Waals surface area contributed by atoms with E-state index in [1.54, 1.807) is 0 Å².